The van der Waals surface area contributed by atoms with E-state index in [4.69, 9.17) is 4.74 Å². The van der Waals surface area contributed by atoms with Crippen molar-refractivity contribution in [2.24, 2.45) is 0 Å². The molecule has 0 unspecified atom stereocenters. The Hall–Kier alpha value is -3.08. The number of hydrogen-bond donors (Lipinski definition) is 1. The minimum atomic E-state index is 0.0683. The summed E-state index contributed by atoms with van der Waals surface area (Å²) in [6, 6.07) is 16.1. The van der Waals surface area contributed by atoms with E-state index >= 15 is 0 Å². The van der Waals surface area contributed by atoms with Gasteiger partial charge in [-0.25, -0.2) is 0 Å². The Morgan fingerprint density at radius 3 is 2.60 bits per heavy atom. The molecule has 0 bridgehead atoms. The van der Waals surface area contributed by atoms with Crippen molar-refractivity contribution in [3.05, 3.63) is 65.9 Å². The highest BCUT2D eigenvalue weighted by Gasteiger charge is 2.22. The van der Waals surface area contributed by atoms with Gasteiger partial charge >= 0.3 is 0 Å². The van der Waals surface area contributed by atoms with Crippen molar-refractivity contribution in [1.82, 2.24) is 9.88 Å². The number of hydrogen-bond acceptors (Lipinski definition) is 4. The van der Waals surface area contributed by atoms with Crippen LogP contribution in [-0.2, 0) is 6.54 Å². The first-order valence-electron chi connectivity index (χ1n) is 10.9. The molecule has 0 saturated carbocycles. The lowest BCUT2D eigenvalue weighted by Gasteiger charge is -2.27. The monoisotopic (exact) mass is 403 g/mol. The van der Waals surface area contributed by atoms with Gasteiger partial charge in [-0.05, 0) is 49.4 Å². The third kappa shape index (κ3) is 4.56. The highest BCUT2D eigenvalue weighted by molar-refractivity contribution is 6.07. The van der Waals surface area contributed by atoms with Crippen LogP contribution < -0.4 is 10.1 Å². The number of nitrogens with one attached hydrogen (secondary N) is 1. The molecule has 1 aromatic heterocycles. The lowest BCUT2D eigenvalue weighted by atomic mass is 10.1. The molecule has 156 valence electrons. The predicted molar refractivity (Wildman–Crippen MR) is 121 cm³/mol. The highest BCUT2D eigenvalue weighted by atomic mass is 16.5. The van der Waals surface area contributed by atoms with Crippen molar-refractivity contribution >= 4 is 22.5 Å². The summed E-state index contributed by atoms with van der Waals surface area (Å²) < 4.78 is 5.67. The summed E-state index contributed by atoms with van der Waals surface area (Å²) in [6.07, 6.45) is 6.06. The number of carbonyl (C=O) groups excluding carboxylic acids is 1. The van der Waals surface area contributed by atoms with Crippen molar-refractivity contribution < 1.29 is 9.53 Å². The number of fused-ring (bicyclic) bond motifs is 1. The van der Waals surface area contributed by atoms with Crippen LogP contribution in [0, 0.1) is 0 Å². The quantitative estimate of drug-likeness (QED) is 0.584. The summed E-state index contributed by atoms with van der Waals surface area (Å²) in [5.41, 5.74) is 3.54. The number of amides is 1. The second kappa shape index (κ2) is 9.61. The van der Waals surface area contributed by atoms with Gasteiger partial charge in [0.15, 0.2) is 0 Å². The third-order valence-electron chi connectivity index (χ3n) is 5.51. The van der Waals surface area contributed by atoms with Gasteiger partial charge in [-0.3, -0.25) is 9.78 Å². The number of aromatic nitrogens is 1. The summed E-state index contributed by atoms with van der Waals surface area (Å²) in [7, 11) is 0. The molecule has 4 rings (SSSR count). The van der Waals surface area contributed by atoms with Gasteiger partial charge in [0.1, 0.15) is 5.75 Å². The largest absolute Gasteiger partial charge is 0.494 e. The van der Waals surface area contributed by atoms with Crippen LogP contribution in [-0.4, -0.2) is 35.5 Å². The maximum absolute atomic E-state index is 13.3. The lowest BCUT2D eigenvalue weighted by molar-refractivity contribution is 0.0725. The second-order valence-electron chi connectivity index (χ2n) is 7.76. The van der Waals surface area contributed by atoms with Crippen LogP contribution in [0.3, 0.4) is 0 Å². The Morgan fingerprint density at radius 2 is 1.83 bits per heavy atom. The minimum Gasteiger partial charge on any atom is -0.494 e. The Balaban J connectivity index is 1.58. The molecule has 1 fully saturated rings. The topological polar surface area (TPSA) is 54.5 Å². The summed E-state index contributed by atoms with van der Waals surface area (Å²) >= 11 is 0. The first kappa shape index (κ1) is 20.2. The molecule has 2 aromatic carbocycles. The fourth-order valence-corrected chi connectivity index (χ4v) is 3.88. The summed E-state index contributed by atoms with van der Waals surface area (Å²) in [4.78, 5) is 19.8. The Kier molecular flexibility index (Phi) is 6.47. The Bertz CT molecular complexity index is 995. The number of carbonyl (C=O) groups is 1. The normalized spacial score (nSPS) is 14.0. The van der Waals surface area contributed by atoms with E-state index in [-0.39, 0.29) is 5.91 Å². The zero-order valence-corrected chi connectivity index (χ0v) is 17.6. The third-order valence-corrected chi connectivity index (χ3v) is 5.51. The number of para-hydroxylation sites is 1. The number of piperidine rings is 1. The number of ether oxygens (including phenoxy) is 1. The molecule has 1 amide bonds. The number of benzene rings is 2. The molecule has 0 aliphatic carbocycles. The Labute approximate surface area is 178 Å². The van der Waals surface area contributed by atoms with E-state index in [0.717, 1.165) is 66.9 Å². The van der Waals surface area contributed by atoms with Crippen LogP contribution in [0.5, 0.6) is 5.75 Å². The van der Waals surface area contributed by atoms with Crippen molar-refractivity contribution in [3.8, 4) is 5.75 Å². The van der Waals surface area contributed by atoms with Crippen molar-refractivity contribution in [2.45, 2.75) is 39.2 Å². The van der Waals surface area contributed by atoms with Crippen LogP contribution in [0.4, 0.5) is 5.69 Å². The number of pyridine rings is 1. The van der Waals surface area contributed by atoms with Crippen molar-refractivity contribution in [3.63, 3.8) is 0 Å². The van der Waals surface area contributed by atoms with E-state index < -0.39 is 0 Å². The maximum Gasteiger partial charge on any atom is 0.257 e. The molecule has 1 aliphatic heterocycles. The molecule has 3 aromatic rings. The van der Waals surface area contributed by atoms with Crippen molar-refractivity contribution in [2.75, 3.05) is 25.0 Å². The molecule has 5 nitrogen and oxygen atoms in total. The van der Waals surface area contributed by atoms with Crippen LogP contribution in [0.1, 0.15) is 48.5 Å². The zero-order chi connectivity index (χ0) is 20.8. The summed E-state index contributed by atoms with van der Waals surface area (Å²) in [5, 5.41) is 4.50. The fraction of sp³-hybridized carbons (Fsp3) is 0.360. The van der Waals surface area contributed by atoms with Crippen LogP contribution in [0.25, 0.3) is 10.9 Å². The average molecular weight is 404 g/mol. The first-order valence-corrected chi connectivity index (χ1v) is 10.9. The zero-order valence-electron chi connectivity index (χ0n) is 17.6. The molecule has 2 heterocycles. The van der Waals surface area contributed by atoms with Gasteiger partial charge in [-0.2, -0.15) is 0 Å². The van der Waals surface area contributed by atoms with E-state index in [1.54, 1.807) is 6.20 Å². The molecule has 0 atom stereocenters. The predicted octanol–water partition coefficient (Wildman–Crippen LogP) is 5.26. The molecule has 0 spiro atoms. The second-order valence-corrected chi connectivity index (χ2v) is 7.76. The van der Waals surface area contributed by atoms with E-state index in [0.29, 0.717) is 12.1 Å². The number of rotatable bonds is 7. The standard InChI is InChI=1S/C25H29N3O2/c1-2-16-30-20-12-10-19(11-13-20)17-27-24-21-8-4-5-9-23(21)26-18-22(24)25(29)28-14-6-3-7-15-28/h4-5,8-13,18H,2-3,6-7,14-17H2,1H3,(H,26,27). The highest BCUT2D eigenvalue weighted by Crippen LogP contribution is 2.28. The summed E-state index contributed by atoms with van der Waals surface area (Å²) in [5.74, 6) is 0.953. The van der Waals surface area contributed by atoms with Crippen LogP contribution in [0.2, 0.25) is 0 Å². The molecular weight excluding hydrogens is 374 g/mol. The molecular formula is C25H29N3O2. The minimum absolute atomic E-state index is 0.0683. The van der Waals surface area contributed by atoms with Gasteiger partial charge in [-0.15, -0.1) is 0 Å². The lowest BCUT2D eigenvalue weighted by Crippen LogP contribution is -2.36. The molecule has 1 aliphatic rings. The van der Waals surface area contributed by atoms with Crippen LogP contribution in [0.15, 0.2) is 54.7 Å². The van der Waals surface area contributed by atoms with Gasteiger partial charge < -0.3 is 15.0 Å². The first-order chi connectivity index (χ1) is 14.8. The van der Waals surface area contributed by atoms with Gasteiger partial charge in [0.05, 0.1) is 23.4 Å². The van der Waals surface area contributed by atoms with Crippen LogP contribution >= 0.6 is 0 Å². The number of likely N-dealkylation sites (tertiary alicyclic amines) is 1. The van der Waals surface area contributed by atoms with Gasteiger partial charge in [0.25, 0.3) is 5.91 Å². The van der Waals surface area contributed by atoms with Gasteiger partial charge in [-0.1, -0.05) is 37.3 Å². The van der Waals surface area contributed by atoms with E-state index in [1.165, 1.54) is 6.42 Å². The smallest absolute Gasteiger partial charge is 0.257 e. The fourth-order valence-electron chi connectivity index (χ4n) is 3.88. The van der Waals surface area contributed by atoms with E-state index in [2.05, 4.69) is 29.4 Å². The molecule has 1 N–H and O–H groups in total. The SMILES string of the molecule is CCCOc1ccc(CNc2c(C(=O)N3CCCCC3)cnc3ccccc23)cc1. The van der Waals surface area contributed by atoms with Gasteiger partial charge in [0, 0.05) is 31.2 Å². The average Bonchev–Trinajstić information content (AvgIpc) is 2.82. The number of nitrogens with zero attached hydrogens (tertiary/aromatic N) is 2. The maximum atomic E-state index is 13.3. The Morgan fingerprint density at radius 1 is 1.07 bits per heavy atom. The molecule has 0 radical (unpaired) electrons. The molecule has 1 saturated heterocycles. The molecule has 30 heavy (non-hydrogen) atoms. The number of anilines is 1. The molecule has 5 heteroatoms. The van der Waals surface area contributed by atoms with E-state index in [1.807, 2.05) is 41.3 Å². The van der Waals surface area contributed by atoms with Gasteiger partial charge in [0.2, 0.25) is 0 Å². The van der Waals surface area contributed by atoms with E-state index in [9.17, 15) is 4.79 Å². The summed E-state index contributed by atoms with van der Waals surface area (Å²) in [6.45, 7) is 5.10. The van der Waals surface area contributed by atoms with Crippen molar-refractivity contribution in [1.29, 1.82) is 0 Å².